The number of fused-ring (bicyclic) bond motifs is 1. The fourth-order valence-electron chi connectivity index (χ4n) is 4.16. The molecule has 4 aromatic rings. The molecule has 1 amide bonds. The molecule has 7 heteroatoms. The van der Waals surface area contributed by atoms with Gasteiger partial charge in [0.2, 0.25) is 0 Å². The second kappa shape index (κ2) is 9.17. The van der Waals surface area contributed by atoms with Crippen molar-refractivity contribution < 1.29 is 18.8 Å². The van der Waals surface area contributed by atoms with Crippen molar-refractivity contribution in [3.63, 3.8) is 0 Å². The molecule has 2 aromatic heterocycles. The second-order valence-electron chi connectivity index (χ2n) is 8.61. The topological polar surface area (TPSA) is 77.7 Å². The summed E-state index contributed by atoms with van der Waals surface area (Å²) in [6.45, 7) is 0.544. The Morgan fingerprint density at radius 1 is 1.06 bits per heavy atom. The van der Waals surface area contributed by atoms with Gasteiger partial charge in [0, 0.05) is 30.8 Å². The van der Waals surface area contributed by atoms with Crippen LogP contribution in [0.3, 0.4) is 0 Å². The summed E-state index contributed by atoms with van der Waals surface area (Å²) in [4.78, 5) is 20.1. The maximum Gasteiger partial charge on any atom is 0.259 e. The van der Waals surface area contributed by atoms with Crippen LogP contribution < -0.4 is 9.47 Å². The minimum absolute atomic E-state index is 0.0739. The molecule has 0 atom stereocenters. The maximum absolute atomic E-state index is 13.7. The van der Waals surface area contributed by atoms with E-state index in [1.807, 2.05) is 61.6 Å². The van der Waals surface area contributed by atoms with Crippen molar-refractivity contribution >= 4 is 17.0 Å². The van der Waals surface area contributed by atoms with Crippen LogP contribution in [-0.4, -0.2) is 48.8 Å². The highest BCUT2D eigenvalue weighted by Crippen LogP contribution is 2.41. The summed E-state index contributed by atoms with van der Waals surface area (Å²) in [6, 6.07) is 17.5. The summed E-state index contributed by atoms with van der Waals surface area (Å²) < 4.78 is 16.3. The van der Waals surface area contributed by atoms with E-state index in [0.717, 1.165) is 29.7 Å². The van der Waals surface area contributed by atoms with Gasteiger partial charge in [-0.2, -0.15) is 0 Å². The van der Waals surface area contributed by atoms with E-state index in [9.17, 15) is 4.79 Å². The molecule has 7 nitrogen and oxygen atoms in total. The number of hydrogen-bond acceptors (Lipinski definition) is 6. The monoisotopic (exact) mass is 457 g/mol. The first-order valence-electron chi connectivity index (χ1n) is 11.4. The average molecular weight is 458 g/mol. The third-order valence-corrected chi connectivity index (χ3v) is 6.27. The lowest BCUT2D eigenvalue weighted by Crippen LogP contribution is -2.29. The van der Waals surface area contributed by atoms with Crippen molar-refractivity contribution in [3.8, 4) is 22.8 Å². The minimum Gasteiger partial charge on any atom is -0.493 e. The van der Waals surface area contributed by atoms with Gasteiger partial charge >= 0.3 is 0 Å². The molecule has 0 aliphatic heterocycles. The fraction of sp³-hybridized carbons (Fsp3) is 0.296. The number of carbonyl (C=O) groups excluding carboxylic acids is 1. The number of rotatable bonds is 8. The van der Waals surface area contributed by atoms with Gasteiger partial charge in [-0.3, -0.25) is 4.79 Å². The molecule has 0 bridgehead atoms. The zero-order valence-electron chi connectivity index (χ0n) is 19.6. The lowest BCUT2D eigenvalue weighted by molar-refractivity contribution is 0.0798. The molecule has 0 unspecified atom stereocenters. The Balaban J connectivity index is 1.45. The number of methoxy groups -OCH3 is 2. The smallest absolute Gasteiger partial charge is 0.259 e. The SMILES string of the molecule is COc1ccc(CCN(C)C(=O)c2cc(C3CC3)nc3onc(-c4ccccc4)c23)cc1OC. The van der Waals surface area contributed by atoms with Gasteiger partial charge < -0.3 is 18.9 Å². The second-order valence-corrected chi connectivity index (χ2v) is 8.61. The van der Waals surface area contributed by atoms with E-state index < -0.39 is 0 Å². The van der Waals surface area contributed by atoms with Crippen molar-refractivity contribution in [2.45, 2.75) is 25.2 Å². The molecule has 1 fully saturated rings. The molecule has 2 heterocycles. The number of ether oxygens (including phenoxy) is 2. The molecule has 1 aliphatic carbocycles. The number of hydrogen-bond donors (Lipinski definition) is 0. The molecule has 5 rings (SSSR count). The first kappa shape index (κ1) is 21.9. The van der Waals surface area contributed by atoms with Crippen LogP contribution in [0.5, 0.6) is 11.5 Å². The van der Waals surface area contributed by atoms with E-state index in [1.54, 1.807) is 19.1 Å². The van der Waals surface area contributed by atoms with E-state index >= 15 is 0 Å². The Labute approximate surface area is 198 Å². The predicted molar refractivity (Wildman–Crippen MR) is 129 cm³/mol. The van der Waals surface area contributed by atoms with E-state index in [4.69, 9.17) is 14.0 Å². The largest absolute Gasteiger partial charge is 0.493 e. The van der Waals surface area contributed by atoms with Crippen molar-refractivity contribution in [1.29, 1.82) is 0 Å². The quantitative estimate of drug-likeness (QED) is 0.366. The minimum atomic E-state index is -0.0739. The first-order valence-corrected chi connectivity index (χ1v) is 11.4. The van der Waals surface area contributed by atoms with Gasteiger partial charge in [0.15, 0.2) is 11.5 Å². The zero-order chi connectivity index (χ0) is 23.7. The Kier molecular flexibility index (Phi) is 5.92. The van der Waals surface area contributed by atoms with E-state index in [0.29, 0.717) is 52.7 Å². The number of benzene rings is 2. The molecular formula is C27H27N3O4. The number of nitrogens with zero attached hydrogens (tertiary/aromatic N) is 3. The van der Waals surface area contributed by atoms with Gasteiger partial charge in [0.1, 0.15) is 5.69 Å². The van der Waals surface area contributed by atoms with Gasteiger partial charge in [-0.1, -0.05) is 41.6 Å². The number of carbonyl (C=O) groups is 1. The van der Waals surface area contributed by atoms with Crippen molar-refractivity contribution in [2.24, 2.45) is 0 Å². The molecule has 0 radical (unpaired) electrons. The van der Waals surface area contributed by atoms with E-state index in [2.05, 4.69) is 10.1 Å². The van der Waals surface area contributed by atoms with Crippen LogP contribution in [0.25, 0.3) is 22.4 Å². The molecular weight excluding hydrogens is 430 g/mol. The van der Waals surface area contributed by atoms with E-state index in [1.165, 1.54) is 0 Å². The normalized spacial score (nSPS) is 13.1. The van der Waals surface area contributed by atoms with Gasteiger partial charge in [0.05, 0.1) is 25.2 Å². The molecule has 0 N–H and O–H groups in total. The molecule has 0 spiro atoms. The Bertz CT molecular complexity index is 1330. The van der Waals surface area contributed by atoms with Crippen molar-refractivity contribution in [1.82, 2.24) is 15.0 Å². The summed E-state index contributed by atoms with van der Waals surface area (Å²) in [5, 5.41) is 4.95. The summed E-state index contributed by atoms with van der Waals surface area (Å²) in [5.74, 6) is 1.67. The third kappa shape index (κ3) is 4.21. The molecule has 0 saturated heterocycles. The average Bonchev–Trinajstić information content (AvgIpc) is 3.65. The van der Waals surface area contributed by atoms with Crippen LogP contribution in [0.1, 0.15) is 40.4 Å². The van der Waals surface area contributed by atoms with Crippen LogP contribution in [-0.2, 0) is 6.42 Å². The molecule has 1 saturated carbocycles. The molecule has 2 aromatic carbocycles. The van der Waals surface area contributed by atoms with Gasteiger partial charge in [-0.25, -0.2) is 4.98 Å². The summed E-state index contributed by atoms with van der Waals surface area (Å²) in [6.07, 6.45) is 2.85. The molecule has 1 aliphatic rings. The maximum atomic E-state index is 13.7. The summed E-state index contributed by atoms with van der Waals surface area (Å²) >= 11 is 0. The number of likely N-dealkylation sites (N-methyl/N-ethyl adjacent to an activating group) is 1. The zero-order valence-corrected chi connectivity index (χ0v) is 19.6. The van der Waals surface area contributed by atoms with Crippen LogP contribution in [0, 0.1) is 0 Å². The van der Waals surface area contributed by atoms with Gasteiger partial charge in [0.25, 0.3) is 11.6 Å². The highest BCUT2D eigenvalue weighted by molar-refractivity contribution is 6.09. The molecule has 34 heavy (non-hydrogen) atoms. The van der Waals surface area contributed by atoms with Crippen LogP contribution in [0.15, 0.2) is 59.1 Å². The predicted octanol–water partition coefficient (Wildman–Crippen LogP) is 5.10. The van der Waals surface area contributed by atoms with Crippen LogP contribution in [0.2, 0.25) is 0 Å². The first-order chi connectivity index (χ1) is 16.6. The third-order valence-electron chi connectivity index (χ3n) is 6.27. The fourth-order valence-corrected chi connectivity index (χ4v) is 4.16. The Hall–Kier alpha value is -3.87. The highest BCUT2D eigenvalue weighted by atomic mass is 16.5. The summed E-state index contributed by atoms with van der Waals surface area (Å²) in [5.41, 5.74) is 4.50. The lowest BCUT2D eigenvalue weighted by atomic mass is 10.0. The van der Waals surface area contributed by atoms with Gasteiger partial charge in [-0.15, -0.1) is 0 Å². The van der Waals surface area contributed by atoms with E-state index in [-0.39, 0.29) is 5.91 Å². The molecule has 174 valence electrons. The Morgan fingerprint density at radius 2 is 1.82 bits per heavy atom. The van der Waals surface area contributed by atoms with Crippen molar-refractivity contribution in [3.05, 3.63) is 71.4 Å². The number of aromatic nitrogens is 2. The highest BCUT2D eigenvalue weighted by Gasteiger charge is 2.30. The number of amides is 1. The van der Waals surface area contributed by atoms with Crippen molar-refractivity contribution in [2.75, 3.05) is 27.8 Å². The summed E-state index contributed by atoms with van der Waals surface area (Å²) in [7, 11) is 5.05. The lowest BCUT2D eigenvalue weighted by Gasteiger charge is -2.19. The van der Waals surface area contributed by atoms with Crippen LogP contribution >= 0.6 is 0 Å². The van der Waals surface area contributed by atoms with Crippen LogP contribution in [0.4, 0.5) is 0 Å². The van der Waals surface area contributed by atoms with Gasteiger partial charge in [-0.05, 0) is 43.0 Å². The standard InChI is InChI=1S/C27H27N3O4/c1-30(14-13-17-9-12-22(32-2)23(15-17)33-3)27(31)20-16-21(18-10-11-18)28-26-24(20)25(29-34-26)19-7-5-4-6-8-19/h4-9,12,15-16,18H,10-11,13-14H2,1-3H3. The number of pyridine rings is 1. The Morgan fingerprint density at radius 3 is 2.53 bits per heavy atom.